The van der Waals surface area contributed by atoms with Gasteiger partial charge in [-0.15, -0.1) is 0 Å². The number of benzene rings is 1. The molecule has 16 heavy (non-hydrogen) atoms. The van der Waals surface area contributed by atoms with Gasteiger partial charge in [-0.25, -0.2) is 0 Å². The van der Waals surface area contributed by atoms with E-state index >= 15 is 0 Å². The molecule has 1 aromatic heterocycles. The van der Waals surface area contributed by atoms with Crippen LogP contribution in [0.5, 0.6) is 0 Å². The summed E-state index contributed by atoms with van der Waals surface area (Å²) in [6, 6.07) is 4.86. The van der Waals surface area contributed by atoms with Crippen LogP contribution in [0, 0.1) is 0 Å². The Morgan fingerprint density at radius 1 is 1.19 bits per heavy atom. The van der Waals surface area contributed by atoms with Crippen LogP contribution in [0.4, 0.5) is 5.82 Å². The van der Waals surface area contributed by atoms with Crippen LogP contribution in [0.2, 0.25) is 10.0 Å². The van der Waals surface area contributed by atoms with E-state index in [1.165, 1.54) is 0 Å². The highest BCUT2D eigenvalue weighted by Gasteiger charge is 2.12. The third kappa shape index (κ3) is 2.06. The number of nitrogen functional groups attached to an aromatic ring is 1. The molecule has 0 fully saturated rings. The number of hydrogen-bond acceptors (Lipinski definition) is 2. The molecule has 7 heteroatoms. The minimum Gasteiger partial charge on any atom is -0.412 e. The van der Waals surface area contributed by atoms with Crippen molar-refractivity contribution in [2.75, 3.05) is 5.73 Å². The number of rotatable bonds is 1. The lowest BCUT2D eigenvalue weighted by Crippen LogP contribution is -2.02. The quantitative estimate of drug-likeness (QED) is 0.723. The third-order valence-electron chi connectivity index (χ3n) is 2.01. The fourth-order valence-electron chi connectivity index (χ4n) is 1.33. The van der Waals surface area contributed by atoms with Gasteiger partial charge in [0.2, 0.25) is 0 Å². The van der Waals surface area contributed by atoms with Crippen molar-refractivity contribution in [1.82, 2.24) is 10.2 Å². The summed E-state index contributed by atoms with van der Waals surface area (Å²) in [5.41, 5.74) is 6.18. The average Bonchev–Trinajstić information content (AvgIpc) is 2.48. The number of hydrogen-bond donors (Lipinski definition) is 3. The van der Waals surface area contributed by atoms with Crippen LogP contribution in [0.3, 0.4) is 0 Å². The SMILES string of the molecule is Nc1[nH][nH]c(=O)c1-c1ccc(Cl)cc1Cl.O. The lowest BCUT2D eigenvalue weighted by atomic mass is 10.1. The van der Waals surface area contributed by atoms with E-state index < -0.39 is 0 Å². The zero-order chi connectivity index (χ0) is 11.0. The van der Waals surface area contributed by atoms with Crippen molar-refractivity contribution >= 4 is 29.0 Å². The molecule has 0 radical (unpaired) electrons. The Kier molecular flexibility index (Phi) is 3.64. The zero-order valence-corrected chi connectivity index (χ0v) is 9.49. The number of aromatic nitrogens is 2. The maximum absolute atomic E-state index is 11.4. The summed E-state index contributed by atoms with van der Waals surface area (Å²) < 4.78 is 0. The van der Waals surface area contributed by atoms with Gasteiger partial charge in [-0.2, -0.15) is 0 Å². The number of halogens is 2. The van der Waals surface area contributed by atoms with Crippen molar-refractivity contribution in [3.05, 3.63) is 38.6 Å². The smallest absolute Gasteiger partial charge is 0.274 e. The van der Waals surface area contributed by atoms with Gasteiger partial charge in [0.25, 0.3) is 5.56 Å². The van der Waals surface area contributed by atoms with E-state index in [1.54, 1.807) is 18.2 Å². The minimum atomic E-state index is -0.309. The molecule has 0 spiro atoms. The minimum absolute atomic E-state index is 0. The molecular formula is C9H9Cl2N3O2. The first kappa shape index (κ1) is 12.6. The van der Waals surface area contributed by atoms with E-state index in [0.717, 1.165) is 0 Å². The number of anilines is 1. The van der Waals surface area contributed by atoms with Crippen molar-refractivity contribution in [3.8, 4) is 11.1 Å². The molecule has 0 aliphatic heterocycles. The summed E-state index contributed by atoms with van der Waals surface area (Å²) >= 11 is 11.7. The molecule has 0 atom stereocenters. The van der Waals surface area contributed by atoms with E-state index in [9.17, 15) is 4.79 Å². The van der Waals surface area contributed by atoms with Crippen LogP contribution in [-0.4, -0.2) is 15.7 Å². The normalized spacial score (nSPS) is 9.88. The molecule has 6 N–H and O–H groups in total. The van der Waals surface area contributed by atoms with Crippen LogP contribution in [0.25, 0.3) is 11.1 Å². The molecule has 0 saturated heterocycles. The highest BCUT2D eigenvalue weighted by molar-refractivity contribution is 6.36. The van der Waals surface area contributed by atoms with Crippen molar-refractivity contribution < 1.29 is 5.48 Å². The zero-order valence-electron chi connectivity index (χ0n) is 7.97. The predicted molar refractivity (Wildman–Crippen MR) is 64.9 cm³/mol. The van der Waals surface area contributed by atoms with Gasteiger partial charge in [-0.1, -0.05) is 29.3 Å². The molecule has 1 aromatic carbocycles. The second kappa shape index (κ2) is 4.61. The molecule has 0 amide bonds. The van der Waals surface area contributed by atoms with Gasteiger partial charge >= 0.3 is 0 Å². The summed E-state index contributed by atoms with van der Waals surface area (Å²) in [7, 11) is 0. The Bertz CT molecular complexity index is 562. The summed E-state index contributed by atoms with van der Waals surface area (Å²) in [6.07, 6.45) is 0. The van der Waals surface area contributed by atoms with Crippen LogP contribution < -0.4 is 11.3 Å². The van der Waals surface area contributed by atoms with E-state index in [0.29, 0.717) is 21.2 Å². The lowest BCUT2D eigenvalue weighted by Gasteiger charge is -2.01. The maximum atomic E-state index is 11.4. The number of H-pyrrole nitrogens is 2. The second-order valence-electron chi connectivity index (χ2n) is 2.99. The summed E-state index contributed by atoms with van der Waals surface area (Å²) in [4.78, 5) is 11.4. The molecule has 1 heterocycles. The first-order valence-electron chi connectivity index (χ1n) is 4.11. The van der Waals surface area contributed by atoms with Crippen molar-refractivity contribution in [1.29, 1.82) is 0 Å². The fraction of sp³-hybridized carbons (Fsp3) is 0. The van der Waals surface area contributed by atoms with Gasteiger partial charge in [0.05, 0.1) is 10.6 Å². The largest absolute Gasteiger partial charge is 0.412 e. The van der Waals surface area contributed by atoms with Gasteiger partial charge in [0, 0.05) is 10.6 Å². The number of nitrogens with two attached hydrogens (primary N) is 1. The molecule has 2 rings (SSSR count). The molecule has 2 aromatic rings. The van der Waals surface area contributed by atoms with Gasteiger partial charge in [-0.05, 0) is 12.1 Å². The molecule has 86 valence electrons. The Hall–Kier alpha value is -1.43. The Morgan fingerprint density at radius 3 is 2.38 bits per heavy atom. The van der Waals surface area contributed by atoms with Crippen LogP contribution in [0.15, 0.2) is 23.0 Å². The maximum Gasteiger partial charge on any atom is 0.274 e. The van der Waals surface area contributed by atoms with Crippen LogP contribution in [-0.2, 0) is 0 Å². The summed E-state index contributed by atoms with van der Waals surface area (Å²) in [6.45, 7) is 0. The Morgan fingerprint density at radius 2 is 1.88 bits per heavy atom. The van der Waals surface area contributed by atoms with E-state index in [2.05, 4.69) is 10.2 Å². The van der Waals surface area contributed by atoms with Crippen LogP contribution >= 0.6 is 23.2 Å². The summed E-state index contributed by atoms with van der Waals surface area (Å²) in [5, 5.41) is 5.80. The number of aromatic amines is 2. The van der Waals surface area contributed by atoms with Gasteiger partial charge in [0.15, 0.2) is 0 Å². The van der Waals surface area contributed by atoms with Gasteiger partial charge in [0.1, 0.15) is 5.82 Å². The number of nitrogens with one attached hydrogen (secondary N) is 2. The van der Waals surface area contributed by atoms with E-state index in [-0.39, 0.29) is 16.9 Å². The summed E-state index contributed by atoms with van der Waals surface area (Å²) in [5.74, 6) is 0.254. The standard InChI is InChI=1S/C9H7Cl2N3O.H2O/c10-4-1-2-5(6(11)3-4)7-8(12)13-14-9(7)15;/h1-3H,(H4,12,13,14,15);1H2. The van der Waals surface area contributed by atoms with Crippen molar-refractivity contribution in [3.63, 3.8) is 0 Å². The Balaban J connectivity index is 0.00000128. The topological polar surface area (TPSA) is 106 Å². The highest BCUT2D eigenvalue weighted by Crippen LogP contribution is 2.30. The van der Waals surface area contributed by atoms with Crippen molar-refractivity contribution in [2.45, 2.75) is 0 Å². The Labute approximate surface area is 100 Å². The molecule has 5 nitrogen and oxygen atoms in total. The molecule has 0 unspecified atom stereocenters. The molecule has 0 bridgehead atoms. The van der Waals surface area contributed by atoms with E-state index in [4.69, 9.17) is 28.9 Å². The first-order chi connectivity index (χ1) is 7.09. The van der Waals surface area contributed by atoms with E-state index in [1.807, 2.05) is 0 Å². The first-order valence-corrected chi connectivity index (χ1v) is 4.86. The van der Waals surface area contributed by atoms with Gasteiger partial charge < -0.3 is 11.2 Å². The predicted octanol–water partition coefficient (Wildman–Crippen LogP) is 1.43. The van der Waals surface area contributed by atoms with Crippen molar-refractivity contribution in [2.24, 2.45) is 0 Å². The lowest BCUT2D eigenvalue weighted by molar-refractivity contribution is 0.824. The van der Waals surface area contributed by atoms with Crippen LogP contribution in [0.1, 0.15) is 0 Å². The third-order valence-corrected chi connectivity index (χ3v) is 2.56. The van der Waals surface area contributed by atoms with Gasteiger partial charge in [-0.3, -0.25) is 15.0 Å². The fourth-order valence-corrected chi connectivity index (χ4v) is 1.83. The molecular weight excluding hydrogens is 253 g/mol. The average molecular weight is 262 g/mol. The molecule has 0 saturated carbocycles. The molecule has 0 aliphatic rings. The highest BCUT2D eigenvalue weighted by atomic mass is 35.5. The molecule has 0 aliphatic carbocycles. The second-order valence-corrected chi connectivity index (χ2v) is 3.84. The monoisotopic (exact) mass is 261 g/mol.